The molecule has 4 fully saturated rings. The lowest BCUT2D eigenvalue weighted by Gasteiger charge is -2.63. The first kappa shape index (κ1) is 14.9. The summed E-state index contributed by atoms with van der Waals surface area (Å²) in [5.41, 5.74) is 0.657. The summed E-state index contributed by atoms with van der Waals surface area (Å²) in [5.74, 6) is 1.46. The fourth-order valence-electron chi connectivity index (χ4n) is 7.29. The second kappa shape index (κ2) is 4.06. The minimum absolute atomic E-state index is 0.151. The lowest BCUT2D eigenvalue weighted by molar-refractivity contribution is -0.176. The molecule has 1 spiro atoms. The van der Waals surface area contributed by atoms with Gasteiger partial charge in [-0.25, -0.2) is 0 Å². The fraction of sp³-hybridized carbons (Fsp3) is 0.850. The number of aliphatic hydroxyl groups is 1. The fourth-order valence-corrected chi connectivity index (χ4v) is 7.29. The van der Waals surface area contributed by atoms with Gasteiger partial charge < -0.3 is 5.11 Å². The maximum Gasteiger partial charge on any atom is 0.139 e. The standard InChI is InChI=1S/C20H30O2/c1-13-11-19-9-5-14-17(2,3)8-7-16(21)18(14,4)15(19)6-10-20(13,22)12-19/h14-15,22H,1,5-12H2,2-4H3. The first-order valence-electron chi connectivity index (χ1n) is 9.08. The van der Waals surface area contributed by atoms with E-state index in [4.69, 9.17) is 0 Å². The smallest absolute Gasteiger partial charge is 0.139 e. The van der Waals surface area contributed by atoms with Crippen molar-refractivity contribution in [1.82, 2.24) is 0 Å². The first-order valence-corrected chi connectivity index (χ1v) is 9.08. The molecule has 0 saturated heterocycles. The Balaban J connectivity index is 1.80. The molecule has 2 bridgehead atoms. The molecule has 2 nitrogen and oxygen atoms in total. The molecule has 2 heteroatoms. The van der Waals surface area contributed by atoms with Gasteiger partial charge in [-0.2, -0.15) is 0 Å². The van der Waals surface area contributed by atoms with Gasteiger partial charge in [-0.15, -0.1) is 0 Å². The zero-order valence-corrected chi connectivity index (χ0v) is 14.4. The lowest BCUT2D eigenvalue weighted by atomic mass is 9.40. The molecule has 0 aromatic rings. The van der Waals surface area contributed by atoms with Crippen LogP contribution < -0.4 is 0 Å². The second-order valence-electron chi connectivity index (χ2n) is 9.73. The number of hydrogen-bond donors (Lipinski definition) is 1. The van der Waals surface area contributed by atoms with Crippen molar-refractivity contribution in [3.63, 3.8) is 0 Å². The number of Topliss-reactive ketones (excluding diaryl/α,β-unsaturated/α-hetero) is 1. The number of hydrogen-bond acceptors (Lipinski definition) is 2. The molecule has 4 rings (SSSR count). The molecule has 4 saturated carbocycles. The maximum absolute atomic E-state index is 13.0. The van der Waals surface area contributed by atoms with Crippen molar-refractivity contribution in [2.24, 2.45) is 28.1 Å². The summed E-state index contributed by atoms with van der Waals surface area (Å²) in [6.07, 6.45) is 7.74. The molecule has 22 heavy (non-hydrogen) atoms. The van der Waals surface area contributed by atoms with Gasteiger partial charge >= 0.3 is 0 Å². The highest BCUT2D eigenvalue weighted by atomic mass is 16.3. The van der Waals surface area contributed by atoms with E-state index in [1.165, 1.54) is 6.42 Å². The minimum Gasteiger partial charge on any atom is -0.386 e. The van der Waals surface area contributed by atoms with Crippen molar-refractivity contribution < 1.29 is 9.90 Å². The Kier molecular flexibility index (Phi) is 2.76. The van der Waals surface area contributed by atoms with Crippen LogP contribution in [0.25, 0.3) is 0 Å². The Morgan fingerprint density at radius 3 is 2.50 bits per heavy atom. The summed E-state index contributed by atoms with van der Waals surface area (Å²) in [6, 6.07) is 0. The number of carbonyl (C=O) groups is 1. The van der Waals surface area contributed by atoms with Crippen LogP contribution in [0.1, 0.15) is 72.1 Å². The topological polar surface area (TPSA) is 37.3 Å². The summed E-state index contributed by atoms with van der Waals surface area (Å²) in [7, 11) is 0. The van der Waals surface area contributed by atoms with Crippen molar-refractivity contribution in [2.45, 2.75) is 77.7 Å². The van der Waals surface area contributed by atoms with E-state index in [1.807, 2.05) is 0 Å². The van der Waals surface area contributed by atoms with Crippen LogP contribution in [0.4, 0.5) is 0 Å². The van der Waals surface area contributed by atoms with Crippen molar-refractivity contribution in [3.8, 4) is 0 Å². The summed E-state index contributed by atoms with van der Waals surface area (Å²) in [4.78, 5) is 13.0. The number of ketones is 1. The molecular weight excluding hydrogens is 272 g/mol. The Hall–Kier alpha value is -0.630. The van der Waals surface area contributed by atoms with Gasteiger partial charge in [0.05, 0.1) is 5.60 Å². The van der Waals surface area contributed by atoms with E-state index in [-0.39, 0.29) is 16.2 Å². The molecule has 0 aromatic heterocycles. The number of rotatable bonds is 0. The molecule has 0 radical (unpaired) electrons. The highest BCUT2D eigenvalue weighted by Gasteiger charge is 2.68. The maximum atomic E-state index is 13.0. The van der Waals surface area contributed by atoms with Crippen molar-refractivity contribution in [2.75, 3.05) is 0 Å². The predicted molar refractivity (Wildman–Crippen MR) is 87.3 cm³/mol. The van der Waals surface area contributed by atoms with Gasteiger partial charge in [0.15, 0.2) is 0 Å². The van der Waals surface area contributed by atoms with Crippen molar-refractivity contribution in [1.29, 1.82) is 0 Å². The molecule has 0 aromatic carbocycles. The number of fused-ring (bicyclic) bond motifs is 3. The highest BCUT2D eigenvalue weighted by Crippen LogP contribution is 2.71. The lowest BCUT2D eigenvalue weighted by Crippen LogP contribution is -2.60. The summed E-state index contributed by atoms with van der Waals surface area (Å²) < 4.78 is 0. The normalized spacial score (nSPS) is 53.1. The van der Waals surface area contributed by atoms with Crippen LogP contribution in [-0.2, 0) is 4.79 Å². The van der Waals surface area contributed by atoms with Gasteiger partial charge in [0.25, 0.3) is 0 Å². The van der Waals surface area contributed by atoms with Crippen LogP contribution in [0.2, 0.25) is 0 Å². The Morgan fingerprint density at radius 2 is 1.77 bits per heavy atom. The van der Waals surface area contributed by atoms with Crippen LogP contribution in [-0.4, -0.2) is 16.5 Å². The molecule has 0 heterocycles. The third kappa shape index (κ3) is 1.58. The third-order valence-corrected chi connectivity index (χ3v) is 8.37. The van der Waals surface area contributed by atoms with Gasteiger partial charge in [0.1, 0.15) is 5.78 Å². The molecule has 0 amide bonds. The average Bonchev–Trinajstić information content (AvgIpc) is 2.60. The average molecular weight is 302 g/mol. The molecule has 1 N–H and O–H groups in total. The van der Waals surface area contributed by atoms with E-state index in [0.29, 0.717) is 17.6 Å². The molecule has 4 aliphatic carbocycles. The zero-order valence-electron chi connectivity index (χ0n) is 14.4. The van der Waals surface area contributed by atoms with E-state index >= 15 is 0 Å². The Labute approximate surface area is 134 Å². The Morgan fingerprint density at radius 1 is 1.09 bits per heavy atom. The van der Waals surface area contributed by atoms with Crippen molar-refractivity contribution in [3.05, 3.63) is 12.2 Å². The van der Waals surface area contributed by atoms with Crippen LogP contribution in [0, 0.1) is 28.1 Å². The largest absolute Gasteiger partial charge is 0.386 e. The minimum atomic E-state index is -0.632. The van der Waals surface area contributed by atoms with E-state index in [9.17, 15) is 9.90 Å². The quantitative estimate of drug-likeness (QED) is 0.679. The van der Waals surface area contributed by atoms with E-state index in [1.54, 1.807) is 0 Å². The Bertz CT molecular complexity index is 562. The summed E-state index contributed by atoms with van der Waals surface area (Å²) in [6.45, 7) is 11.2. The monoisotopic (exact) mass is 302 g/mol. The highest BCUT2D eigenvalue weighted by molar-refractivity contribution is 5.86. The van der Waals surface area contributed by atoms with Gasteiger partial charge in [-0.1, -0.05) is 27.4 Å². The SMILES string of the molecule is C=C1CC23CCC4C(C)(C)CCC(=O)C4(C)C2CCC1(O)C3. The third-order valence-electron chi connectivity index (χ3n) is 8.37. The predicted octanol–water partition coefficient (Wildman–Crippen LogP) is 4.27. The first-order chi connectivity index (χ1) is 10.1. The molecule has 0 aliphatic heterocycles. The molecular formula is C20H30O2. The van der Waals surface area contributed by atoms with Gasteiger partial charge in [0.2, 0.25) is 0 Å². The van der Waals surface area contributed by atoms with Gasteiger partial charge in [0, 0.05) is 11.8 Å². The van der Waals surface area contributed by atoms with Gasteiger partial charge in [-0.3, -0.25) is 4.79 Å². The van der Waals surface area contributed by atoms with Crippen LogP contribution in [0.3, 0.4) is 0 Å². The summed E-state index contributed by atoms with van der Waals surface area (Å²) >= 11 is 0. The second-order valence-corrected chi connectivity index (χ2v) is 9.73. The molecule has 4 aliphatic rings. The van der Waals surface area contributed by atoms with E-state index < -0.39 is 5.60 Å². The zero-order chi connectivity index (χ0) is 16.0. The van der Waals surface area contributed by atoms with Crippen LogP contribution >= 0.6 is 0 Å². The van der Waals surface area contributed by atoms with Crippen molar-refractivity contribution >= 4 is 5.78 Å². The number of carbonyl (C=O) groups excluding carboxylic acids is 1. The van der Waals surface area contributed by atoms with Gasteiger partial charge in [-0.05, 0) is 73.2 Å². The van der Waals surface area contributed by atoms with Crippen LogP contribution in [0.15, 0.2) is 12.2 Å². The molecule has 122 valence electrons. The van der Waals surface area contributed by atoms with E-state index in [0.717, 1.165) is 50.5 Å². The molecule has 5 unspecified atom stereocenters. The van der Waals surface area contributed by atoms with E-state index in [2.05, 4.69) is 27.4 Å². The van der Waals surface area contributed by atoms with Crippen LogP contribution in [0.5, 0.6) is 0 Å². The molecule has 5 atom stereocenters. The summed E-state index contributed by atoms with van der Waals surface area (Å²) in [5, 5.41) is 10.9.